The number of unbranched alkanes of at least 4 members (excludes halogenated alkanes) is 13. The van der Waals surface area contributed by atoms with E-state index in [1.54, 1.807) is 30.2 Å². The van der Waals surface area contributed by atoms with E-state index in [4.69, 9.17) is 4.74 Å². The Bertz CT molecular complexity index is 612. The van der Waals surface area contributed by atoms with E-state index in [2.05, 4.69) is 6.92 Å². The highest BCUT2D eigenvalue weighted by molar-refractivity contribution is 6.01. The molecule has 0 aliphatic rings. The summed E-state index contributed by atoms with van der Waals surface area (Å²) in [5.41, 5.74) is 0.695. The second-order valence-electron chi connectivity index (χ2n) is 8.19. The van der Waals surface area contributed by atoms with Gasteiger partial charge in [-0.05, 0) is 31.1 Å². The maximum Gasteiger partial charge on any atom is 0.250 e. The molecule has 0 aliphatic carbocycles. The van der Waals surface area contributed by atoms with Crippen LogP contribution in [-0.2, 0) is 4.79 Å². The van der Waals surface area contributed by atoms with E-state index in [1.807, 2.05) is 6.08 Å². The molecule has 0 fully saturated rings. The van der Waals surface area contributed by atoms with Gasteiger partial charge in [-0.3, -0.25) is 4.79 Å². The molecule has 0 atom stereocenters. The van der Waals surface area contributed by atoms with Gasteiger partial charge in [-0.15, -0.1) is 0 Å². The third kappa shape index (κ3) is 11.3. The molecule has 4 nitrogen and oxygen atoms in total. The summed E-state index contributed by atoms with van der Waals surface area (Å²) in [7, 11) is 3.22. The third-order valence-corrected chi connectivity index (χ3v) is 5.62. The minimum absolute atomic E-state index is 0.0695. The van der Waals surface area contributed by atoms with Gasteiger partial charge < -0.3 is 14.7 Å². The molecule has 1 rings (SSSR count). The average Bonchev–Trinajstić information content (AvgIpc) is 2.76. The molecule has 170 valence electrons. The van der Waals surface area contributed by atoms with Gasteiger partial charge in [0.1, 0.15) is 0 Å². The topological polar surface area (TPSA) is 49.8 Å². The van der Waals surface area contributed by atoms with E-state index in [0.717, 1.165) is 12.8 Å². The van der Waals surface area contributed by atoms with Gasteiger partial charge in [0, 0.05) is 18.8 Å². The van der Waals surface area contributed by atoms with Gasteiger partial charge in [0.25, 0.3) is 0 Å². The van der Waals surface area contributed by atoms with Gasteiger partial charge >= 0.3 is 0 Å². The van der Waals surface area contributed by atoms with E-state index in [0.29, 0.717) is 11.4 Å². The number of aromatic hydroxyl groups is 1. The Labute approximate surface area is 184 Å². The SMILES string of the molecule is CCCCCCCCCCCCCCCC=CC(=O)N(C)c1ccc(O)c(OC)c1. The summed E-state index contributed by atoms with van der Waals surface area (Å²) in [4.78, 5) is 13.9. The highest BCUT2D eigenvalue weighted by Crippen LogP contribution is 2.30. The number of ether oxygens (including phenoxy) is 1. The van der Waals surface area contributed by atoms with Crippen molar-refractivity contribution in [1.82, 2.24) is 0 Å². The maximum absolute atomic E-state index is 12.3. The normalized spacial score (nSPS) is 11.2. The molecule has 1 amide bonds. The number of amides is 1. The molecular formula is C26H43NO3. The van der Waals surface area contributed by atoms with Gasteiger partial charge in [-0.2, -0.15) is 0 Å². The molecular weight excluding hydrogens is 374 g/mol. The number of carbonyl (C=O) groups is 1. The van der Waals surface area contributed by atoms with Crippen molar-refractivity contribution in [3.8, 4) is 11.5 Å². The predicted molar refractivity (Wildman–Crippen MR) is 128 cm³/mol. The number of likely N-dealkylation sites (N-methyl/N-ethyl adjacent to an activating group) is 1. The van der Waals surface area contributed by atoms with Crippen LogP contribution in [-0.4, -0.2) is 25.2 Å². The lowest BCUT2D eigenvalue weighted by Crippen LogP contribution is -2.23. The molecule has 0 radical (unpaired) electrons. The number of phenolic OH excluding ortho intramolecular Hbond substituents is 1. The summed E-state index contributed by atoms with van der Waals surface area (Å²) in [6.45, 7) is 2.27. The number of rotatable bonds is 17. The van der Waals surface area contributed by atoms with Gasteiger partial charge in [-0.1, -0.05) is 90.0 Å². The first-order valence-electron chi connectivity index (χ1n) is 11.9. The zero-order chi connectivity index (χ0) is 22.0. The molecule has 0 bridgehead atoms. The summed E-state index contributed by atoms with van der Waals surface area (Å²) in [6, 6.07) is 4.90. The molecule has 30 heavy (non-hydrogen) atoms. The number of benzene rings is 1. The first-order valence-corrected chi connectivity index (χ1v) is 11.9. The molecule has 0 heterocycles. The predicted octanol–water partition coefficient (Wildman–Crippen LogP) is 7.40. The van der Waals surface area contributed by atoms with Crippen LogP contribution in [0.2, 0.25) is 0 Å². The lowest BCUT2D eigenvalue weighted by Gasteiger charge is -2.16. The summed E-state index contributed by atoms with van der Waals surface area (Å²) in [5, 5.41) is 9.67. The lowest BCUT2D eigenvalue weighted by molar-refractivity contribution is -0.113. The molecule has 0 saturated carbocycles. The van der Waals surface area contributed by atoms with Crippen LogP contribution in [0.3, 0.4) is 0 Å². The highest BCUT2D eigenvalue weighted by atomic mass is 16.5. The fraction of sp³-hybridized carbons (Fsp3) is 0.654. The molecule has 0 unspecified atom stereocenters. The van der Waals surface area contributed by atoms with E-state index in [1.165, 1.54) is 90.2 Å². The first kappa shape index (κ1) is 26.1. The van der Waals surface area contributed by atoms with Crippen molar-refractivity contribution in [1.29, 1.82) is 0 Å². The van der Waals surface area contributed by atoms with Crippen molar-refractivity contribution < 1.29 is 14.6 Å². The van der Waals surface area contributed by atoms with Gasteiger partial charge in [0.2, 0.25) is 5.91 Å². The van der Waals surface area contributed by atoms with Crippen molar-refractivity contribution in [3.63, 3.8) is 0 Å². The average molecular weight is 418 g/mol. The van der Waals surface area contributed by atoms with Crippen LogP contribution in [0.15, 0.2) is 30.4 Å². The number of methoxy groups -OCH3 is 1. The minimum atomic E-state index is -0.0718. The third-order valence-electron chi connectivity index (χ3n) is 5.62. The molecule has 0 aliphatic heterocycles. The molecule has 0 aromatic heterocycles. The Morgan fingerprint density at radius 3 is 2.00 bits per heavy atom. The summed E-state index contributed by atoms with van der Waals surface area (Å²) in [5.74, 6) is 0.362. The Balaban J connectivity index is 2.05. The molecule has 1 aromatic carbocycles. The van der Waals surface area contributed by atoms with Crippen LogP contribution in [0, 0.1) is 0 Å². The van der Waals surface area contributed by atoms with Crippen LogP contribution in [0.5, 0.6) is 11.5 Å². The molecule has 1 aromatic rings. The summed E-state index contributed by atoms with van der Waals surface area (Å²) >= 11 is 0. The van der Waals surface area contributed by atoms with Gasteiger partial charge in [0.15, 0.2) is 11.5 Å². The Morgan fingerprint density at radius 1 is 0.933 bits per heavy atom. The van der Waals surface area contributed by atoms with Crippen LogP contribution >= 0.6 is 0 Å². The smallest absolute Gasteiger partial charge is 0.250 e. The quantitative estimate of drug-likeness (QED) is 0.212. The van der Waals surface area contributed by atoms with Gasteiger partial charge in [0.05, 0.1) is 7.11 Å². The number of allylic oxidation sites excluding steroid dienone is 1. The summed E-state index contributed by atoms with van der Waals surface area (Å²) in [6.07, 6.45) is 22.1. The van der Waals surface area contributed by atoms with E-state index < -0.39 is 0 Å². The van der Waals surface area contributed by atoms with Crippen molar-refractivity contribution in [2.75, 3.05) is 19.1 Å². The number of anilines is 1. The molecule has 0 spiro atoms. The zero-order valence-corrected chi connectivity index (χ0v) is 19.5. The standard InChI is InChI=1S/C26H43NO3/c1-4-5-6-7-8-9-10-11-12-13-14-15-16-17-18-19-26(29)27(2)23-20-21-24(28)25(22-23)30-3/h18-22,28H,4-17H2,1-3H3. The zero-order valence-electron chi connectivity index (χ0n) is 19.5. The lowest BCUT2D eigenvalue weighted by atomic mass is 10.0. The maximum atomic E-state index is 12.3. The van der Waals surface area contributed by atoms with Crippen molar-refractivity contribution in [3.05, 3.63) is 30.4 Å². The minimum Gasteiger partial charge on any atom is -0.504 e. The van der Waals surface area contributed by atoms with Crippen molar-refractivity contribution in [2.45, 2.75) is 96.8 Å². The number of carbonyl (C=O) groups excluding carboxylic acids is 1. The van der Waals surface area contributed by atoms with E-state index >= 15 is 0 Å². The fourth-order valence-electron chi connectivity index (χ4n) is 3.58. The van der Waals surface area contributed by atoms with Crippen LogP contribution in [0.25, 0.3) is 0 Å². The monoisotopic (exact) mass is 417 g/mol. The Kier molecular flexibility index (Phi) is 14.6. The van der Waals surface area contributed by atoms with Crippen LogP contribution in [0.1, 0.15) is 96.8 Å². The van der Waals surface area contributed by atoms with E-state index in [-0.39, 0.29) is 11.7 Å². The number of hydrogen-bond donors (Lipinski definition) is 1. The highest BCUT2D eigenvalue weighted by Gasteiger charge is 2.10. The van der Waals surface area contributed by atoms with Crippen molar-refractivity contribution in [2.24, 2.45) is 0 Å². The van der Waals surface area contributed by atoms with Crippen LogP contribution < -0.4 is 9.64 Å². The second-order valence-corrected chi connectivity index (χ2v) is 8.19. The summed E-state index contributed by atoms with van der Waals surface area (Å²) < 4.78 is 5.10. The number of nitrogens with zero attached hydrogens (tertiary/aromatic N) is 1. The number of phenols is 1. The molecule has 1 N–H and O–H groups in total. The van der Waals surface area contributed by atoms with Crippen LogP contribution in [0.4, 0.5) is 5.69 Å². The molecule has 0 saturated heterocycles. The second kappa shape index (κ2) is 16.8. The van der Waals surface area contributed by atoms with E-state index in [9.17, 15) is 9.90 Å². The van der Waals surface area contributed by atoms with Gasteiger partial charge in [-0.25, -0.2) is 0 Å². The number of hydrogen-bond acceptors (Lipinski definition) is 3. The Hall–Kier alpha value is -1.97. The fourth-order valence-corrected chi connectivity index (χ4v) is 3.58. The Morgan fingerprint density at radius 2 is 1.47 bits per heavy atom. The largest absolute Gasteiger partial charge is 0.504 e. The van der Waals surface area contributed by atoms with Crippen molar-refractivity contribution >= 4 is 11.6 Å². The first-order chi connectivity index (χ1) is 14.6. The molecule has 4 heteroatoms.